The number of hydrogen-bond donors (Lipinski definition) is 3. The minimum Gasteiger partial charge on any atom is -0.351 e. The molecule has 2 aromatic carbocycles. The lowest BCUT2D eigenvalue weighted by Crippen LogP contribution is -2.46. The van der Waals surface area contributed by atoms with Gasteiger partial charge in [0, 0.05) is 23.5 Å². The summed E-state index contributed by atoms with van der Waals surface area (Å²) in [4.78, 5) is 23.1. The number of nitrogens with zero attached hydrogens (tertiary/aromatic N) is 1. The van der Waals surface area contributed by atoms with E-state index in [0.29, 0.717) is 5.70 Å². The Balaban J connectivity index is 1.99. The quantitative estimate of drug-likeness (QED) is 0.380. The molecule has 0 bridgehead atoms. The number of alkyl halides is 3. The highest BCUT2D eigenvalue weighted by Gasteiger charge is 2.38. The van der Waals surface area contributed by atoms with E-state index in [1.54, 1.807) is 0 Å². The van der Waals surface area contributed by atoms with Crippen LogP contribution in [-0.4, -0.2) is 15.9 Å². The van der Waals surface area contributed by atoms with Crippen LogP contribution in [-0.2, 0) is 11.0 Å². The topological polar surface area (TPSA) is 96.3 Å². The Morgan fingerprint density at radius 2 is 1.80 bits per heavy atom. The van der Waals surface area contributed by atoms with E-state index in [-0.39, 0.29) is 27.6 Å². The number of thiocarbonyl (C=S) groups is 1. The molecule has 0 radical (unpaired) electrons. The van der Waals surface area contributed by atoms with Gasteiger partial charge in [-0.05, 0) is 42.9 Å². The Morgan fingerprint density at radius 3 is 2.40 bits per heavy atom. The number of benzene rings is 2. The molecule has 1 amide bonds. The first-order valence-electron chi connectivity index (χ1n) is 8.58. The molecule has 1 unspecified atom stereocenters. The second-order valence-corrected chi connectivity index (χ2v) is 6.82. The van der Waals surface area contributed by atoms with Crippen LogP contribution in [0.1, 0.15) is 24.1 Å². The van der Waals surface area contributed by atoms with Crippen LogP contribution in [0, 0.1) is 10.1 Å². The molecule has 2 aromatic rings. The van der Waals surface area contributed by atoms with Crippen molar-refractivity contribution >= 4 is 34.6 Å². The van der Waals surface area contributed by atoms with Gasteiger partial charge in [0.2, 0.25) is 0 Å². The zero-order valence-corrected chi connectivity index (χ0v) is 16.2. The van der Waals surface area contributed by atoms with Crippen molar-refractivity contribution in [3.8, 4) is 0 Å². The molecule has 11 heteroatoms. The van der Waals surface area contributed by atoms with Crippen molar-refractivity contribution in [3.05, 3.63) is 81.0 Å². The molecule has 3 rings (SSSR count). The van der Waals surface area contributed by atoms with Gasteiger partial charge < -0.3 is 16.0 Å². The Bertz CT molecular complexity index is 1050. The lowest BCUT2D eigenvalue weighted by molar-refractivity contribution is -0.384. The fraction of sp³-hybridized carbons (Fsp3) is 0.158. The highest BCUT2D eigenvalue weighted by Crippen LogP contribution is 2.38. The third-order valence-electron chi connectivity index (χ3n) is 4.43. The van der Waals surface area contributed by atoms with Gasteiger partial charge in [-0.1, -0.05) is 18.2 Å². The monoisotopic (exact) mass is 436 g/mol. The van der Waals surface area contributed by atoms with Crippen molar-refractivity contribution in [2.75, 3.05) is 5.32 Å². The van der Waals surface area contributed by atoms with E-state index in [0.717, 1.165) is 6.07 Å². The molecule has 0 spiro atoms. The summed E-state index contributed by atoms with van der Waals surface area (Å²) >= 11 is 5.07. The van der Waals surface area contributed by atoms with Gasteiger partial charge in [0.05, 0.1) is 22.1 Å². The lowest BCUT2D eigenvalue weighted by Gasteiger charge is -2.31. The minimum atomic E-state index is -4.63. The fourth-order valence-corrected chi connectivity index (χ4v) is 3.37. The predicted molar refractivity (Wildman–Crippen MR) is 107 cm³/mol. The molecule has 3 N–H and O–H groups in total. The number of rotatable bonds is 4. The van der Waals surface area contributed by atoms with E-state index in [4.69, 9.17) is 12.2 Å². The van der Waals surface area contributed by atoms with Crippen LogP contribution in [0.2, 0.25) is 0 Å². The molecule has 7 nitrogen and oxygen atoms in total. The first-order valence-corrected chi connectivity index (χ1v) is 8.99. The number of non-ortho nitro benzene ring substituents is 1. The largest absolute Gasteiger partial charge is 0.416 e. The van der Waals surface area contributed by atoms with Crippen LogP contribution in [0.3, 0.4) is 0 Å². The average molecular weight is 436 g/mol. The number of nitro groups is 1. The Morgan fingerprint density at radius 1 is 1.17 bits per heavy atom. The maximum atomic E-state index is 13.5. The number of anilines is 1. The first-order chi connectivity index (χ1) is 14.1. The molecule has 1 atom stereocenters. The SMILES string of the molecule is CC1=C(C(=O)Nc2ccc([N+](=O)[O-])cc2)C(c2ccccc2C(F)(F)F)NC(=S)N1. The molecule has 1 aliphatic heterocycles. The Hall–Kier alpha value is -3.47. The van der Waals surface area contributed by atoms with Crippen LogP contribution < -0.4 is 16.0 Å². The average Bonchev–Trinajstić information content (AvgIpc) is 2.67. The number of hydrogen-bond acceptors (Lipinski definition) is 4. The normalized spacial score (nSPS) is 16.5. The molecule has 156 valence electrons. The molecule has 0 aromatic heterocycles. The fourth-order valence-electron chi connectivity index (χ4n) is 3.10. The maximum absolute atomic E-state index is 13.5. The van der Waals surface area contributed by atoms with Gasteiger partial charge in [0.1, 0.15) is 0 Å². The van der Waals surface area contributed by atoms with Gasteiger partial charge >= 0.3 is 6.18 Å². The third kappa shape index (κ3) is 4.40. The maximum Gasteiger partial charge on any atom is 0.416 e. The second-order valence-electron chi connectivity index (χ2n) is 6.41. The van der Waals surface area contributed by atoms with Crippen molar-refractivity contribution < 1.29 is 22.9 Å². The van der Waals surface area contributed by atoms with Gasteiger partial charge in [0.25, 0.3) is 11.6 Å². The van der Waals surface area contributed by atoms with E-state index in [9.17, 15) is 28.1 Å². The van der Waals surface area contributed by atoms with Crippen LogP contribution in [0.15, 0.2) is 59.8 Å². The smallest absolute Gasteiger partial charge is 0.351 e. The Kier molecular flexibility index (Phi) is 5.74. The number of nitro benzene ring substituents is 1. The number of carbonyl (C=O) groups is 1. The number of amides is 1. The van der Waals surface area contributed by atoms with E-state index in [1.165, 1.54) is 49.4 Å². The van der Waals surface area contributed by atoms with Crippen molar-refractivity contribution in [2.45, 2.75) is 19.1 Å². The summed E-state index contributed by atoms with van der Waals surface area (Å²) in [5, 5.41) is 18.9. The summed E-state index contributed by atoms with van der Waals surface area (Å²) in [5.41, 5.74) is -0.643. The predicted octanol–water partition coefficient (Wildman–Crippen LogP) is 4.05. The van der Waals surface area contributed by atoms with E-state index in [2.05, 4.69) is 16.0 Å². The number of carbonyl (C=O) groups excluding carboxylic acids is 1. The first kappa shape index (κ1) is 21.2. The molecular formula is C19H15F3N4O3S. The van der Waals surface area contributed by atoms with Gasteiger partial charge in [-0.15, -0.1) is 0 Å². The van der Waals surface area contributed by atoms with Crippen LogP contribution >= 0.6 is 12.2 Å². The number of halogens is 3. The molecule has 0 saturated heterocycles. The van der Waals surface area contributed by atoms with Crippen LogP contribution in [0.4, 0.5) is 24.5 Å². The number of nitrogens with one attached hydrogen (secondary N) is 3. The van der Waals surface area contributed by atoms with Gasteiger partial charge in [0.15, 0.2) is 5.11 Å². The highest BCUT2D eigenvalue weighted by molar-refractivity contribution is 7.80. The molecule has 0 fully saturated rings. The minimum absolute atomic E-state index is 0.0126. The van der Waals surface area contributed by atoms with Crippen molar-refractivity contribution in [1.29, 1.82) is 0 Å². The summed E-state index contributed by atoms with van der Waals surface area (Å²) in [6, 6.07) is 8.86. The Labute approximate surface area is 174 Å². The van der Waals surface area contributed by atoms with Crippen LogP contribution in [0.25, 0.3) is 0 Å². The van der Waals surface area contributed by atoms with E-state index >= 15 is 0 Å². The van der Waals surface area contributed by atoms with Gasteiger partial charge in [-0.2, -0.15) is 13.2 Å². The molecule has 0 saturated carbocycles. The van der Waals surface area contributed by atoms with E-state index < -0.39 is 28.6 Å². The molecule has 0 aliphatic carbocycles. The summed E-state index contributed by atoms with van der Waals surface area (Å²) in [5.74, 6) is -0.675. The lowest BCUT2D eigenvalue weighted by atomic mass is 9.91. The molecule has 30 heavy (non-hydrogen) atoms. The van der Waals surface area contributed by atoms with Crippen molar-refractivity contribution in [2.24, 2.45) is 0 Å². The molecule has 1 aliphatic rings. The second kappa shape index (κ2) is 8.11. The summed E-state index contributed by atoms with van der Waals surface area (Å²) in [6.45, 7) is 1.53. The summed E-state index contributed by atoms with van der Waals surface area (Å²) < 4.78 is 40.6. The standard InChI is InChI=1S/C19H15F3N4O3S/c1-10-15(17(27)24-11-6-8-12(9-7-11)26(28)29)16(25-18(30)23-10)13-4-2-3-5-14(13)19(20,21)22/h2-9,16H,1H3,(H,24,27)(H2,23,25,30). The van der Waals surface area contributed by atoms with Gasteiger partial charge in [-0.3, -0.25) is 14.9 Å². The molecular weight excluding hydrogens is 421 g/mol. The number of allylic oxidation sites excluding steroid dienone is 1. The van der Waals surface area contributed by atoms with Crippen LogP contribution in [0.5, 0.6) is 0 Å². The van der Waals surface area contributed by atoms with Crippen molar-refractivity contribution in [1.82, 2.24) is 10.6 Å². The molecule has 1 heterocycles. The zero-order valence-electron chi connectivity index (χ0n) is 15.4. The summed E-state index contributed by atoms with van der Waals surface area (Å²) in [7, 11) is 0. The van der Waals surface area contributed by atoms with Crippen molar-refractivity contribution in [3.63, 3.8) is 0 Å². The third-order valence-corrected chi connectivity index (χ3v) is 4.65. The van der Waals surface area contributed by atoms with E-state index in [1.807, 2.05) is 0 Å². The highest BCUT2D eigenvalue weighted by atomic mass is 32.1. The zero-order chi connectivity index (χ0) is 22.1. The van der Waals surface area contributed by atoms with Gasteiger partial charge in [-0.25, -0.2) is 0 Å². The summed E-state index contributed by atoms with van der Waals surface area (Å²) in [6.07, 6.45) is -4.63.